The van der Waals surface area contributed by atoms with Crippen LogP contribution >= 0.6 is 15.9 Å². The van der Waals surface area contributed by atoms with Gasteiger partial charge in [-0.05, 0) is 46.8 Å². The number of aromatic nitrogens is 1. The lowest BCUT2D eigenvalue weighted by Crippen LogP contribution is -2.33. The van der Waals surface area contributed by atoms with Crippen LogP contribution in [0.3, 0.4) is 0 Å². The third kappa shape index (κ3) is 3.70. The second kappa shape index (κ2) is 7.04. The molecular formula is C14H19BrN2O3. The average molecular weight is 343 g/mol. The van der Waals surface area contributed by atoms with Gasteiger partial charge in [0, 0.05) is 26.4 Å². The quantitative estimate of drug-likeness (QED) is 0.909. The van der Waals surface area contributed by atoms with E-state index in [0.29, 0.717) is 4.47 Å². The molecule has 6 heteroatoms. The fourth-order valence-electron chi connectivity index (χ4n) is 2.46. The van der Waals surface area contributed by atoms with Crippen LogP contribution in [0.1, 0.15) is 24.8 Å². The number of H-pyrrole nitrogens is 1. The van der Waals surface area contributed by atoms with Gasteiger partial charge in [0.1, 0.15) is 0 Å². The van der Waals surface area contributed by atoms with Crippen LogP contribution in [0.2, 0.25) is 0 Å². The molecule has 1 atom stereocenters. The van der Waals surface area contributed by atoms with Gasteiger partial charge in [0.15, 0.2) is 0 Å². The molecule has 1 saturated heterocycles. The fraction of sp³-hybridized carbons (Fsp3) is 0.571. The third-order valence-electron chi connectivity index (χ3n) is 3.68. The zero-order valence-corrected chi connectivity index (χ0v) is 13.1. The number of aromatic amines is 1. The van der Waals surface area contributed by atoms with Crippen LogP contribution in [0.25, 0.3) is 0 Å². The van der Waals surface area contributed by atoms with E-state index in [0.717, 1.165) is 37.9 Å². The minimum absolute atomic E-state index is 0.0630. The van der Waals surface area contributed by atoms with Crippen molar-refractivity contribution >= 4 is 21.8 Å². The summed E-state index contributed by atoms with van der Waals surface area (Å²) in [6.07, 6.45) is 4.90. The minimum atomic E-state index is -0.203. The van der Waals surface area contributed by atoms with Gasteiger partial charge in [0.05, 0.1) is 17.0 Å². The van der Waals surface area contributed by atoms with E-state index in [1.54, 1.807) is 19.4 Å². The van der Waals surface area contributed by atoms with E-state index in [1.807, 2.05) is 4.90 Å². The number of carbonyl (C=O) groups excluding carboxylic acids is 1. The summed E-state index contributed by atoms with van der Waals surface area (Å²) in [4.78, 5) is 28.3. The highest BCUT2D eigenvalue weighted by molar-refractivity contribution is 9.10. The number of likely N-dealkylation sites (tertiary alicyclic amines) is 1. The first kappa shape index (κ1) is 15.3. The molecule has 2 heterocycles. The highest BCUT2D eigenvalue weighted by atomic mass is 79.9. The van der Waals surface area contributed by atoms with Crippen molar-refractivity contribution in [1.82, 2.24) is 9.88 Å². The average Bonchev–Trinajstić information content (AvgIpc) is 2.69. The lowest BCUT2D eigenvalue weighted by molar-refractivity contribution is -0.130. The van der Waals surface area contributed by atoms with Gasteiger partial charge < -0.3 is 14.6 Å². The number of nitrogens with zero attached hydrogens (tertiary/aromatic N) is 1. The van der Waals surface area contributed by atoms with Crippen molar-refractivity contribution in [2.24, 2.45) is 0 Å². The maximum Gasteiger partial charge on any atom is 0.262 e. The molecule has 1 fully saturated rings. The van der Waals surface area contributed by atoms with Crippen molar-refractivity contribution in [3.63, 3.8) is 0 Å². The van der Waals surface area contributed by atoms with Crippen molar-refractivity contribution in [3.8, 4) is 0 Å². The standard InChI is InChI=1S/C14H19BrN2O3/c1-20-11-3-2-7-17(8-5-11)12(18)9-10-4-6-16-14(19)13(10)15/h4,6,11H,2-3,5,7-9H2,1H3,(H,16,19). The predicted octanol–water partition coefficient (Wildman–Crippen LogP) is 1.71. The van der Waals surface area contributed by atoms with E-state index >= 15 is 0 Å². The Morgan fingerprint density at radius 2 is 2.30 bits per heavy atom. The molecular weight excluding hydrogens is 324 g/mol. The monoisotopic (exact) mass is 342 g/mol. The molecule has 0 spiro atoms. The molecule has 1 aromatic rings. The second-order valence-corrected chi connectivity index (χ2v) is 5.79. The molecule has 1 aromatic heterocycles. The first-order valence-corrected chi connectivity index (χ1v) is 7.57. The van der Waals surface area contributed by atoms with Gasteiger partial charge in [0.2, 0.25) is 5.91 Å². The lowest BCUT2D eigenvalue weighted by atomic mass is 10.1. The molecule has 0 aromatic carbocycles. The summed E-state index contributed by atoms with van der Waals surface area (Å²) in [5, 5.41) is 0. The maximum absolute atomic E-state index is 12.3. The molecule has 20 heavy (non-hydrogen) atoms. The summed E-state index contributed by atoms with van der Waals surface area (Å²) >= 11 is 3.23. The van der Waals surface area contributed by atoms with Crippen LogP contribution in [0.5, 0.6) is 0 Å². The molecule has 5 nitrogen and oxygen atoms in total. The zero-order chi connectivity index (χ0) is 14.5. The predicted molar refractivity (Wildman–Crippen MR) is 79.7 cm³/mol. The van der Waals surface area contributed by atoms with E-state index in [1.165, 1.54) is 0 Å². The Morgan fingerprint density at radius 1 is 1.50 bits per heavy atom. The van der Waals surface area contributed by atoms with Crippen LogP contribution in [0.15, 0.2) is 21.5 Å². The van der Waals surface area contributed by atoms with Gasteiger partial charge in [-0.3, -0.25) is 9.59 Å². The molecule has 110 valence electrons. The summed E-state index contributed by atoms with van der Waals surface area (Å²) in [6, 6.07) is 1.76. The lowest BCUT2D eigenvalue weighted by Gasteiger charge is -2.20. The fourth-order valence-corrected chi connectivity index (χ4v) is 2.85. The molecule has 0 radical (unpaired) electrons. The number of halogens is 1. The number of ether oxygens (including phenoxy) is 1. The van der Waals surface area contributed by atoms with Crippen LogP contribution in [0.4, 0.5) is 0 Å². The molecule has 1 amide bonds. The van der Waals surface area contributed by atoms with Crippen molar-refractivity contribution in [3.05, 3.63) is 32.7 Å². The van der Waals surface area contributed by atoms with Gasteiger partial charge >= 0.3 is 0 Å². The third-order valence-corrected chi connectivity index (χ3v) is 4.55. The topological polar surface area (TPSA) is 62.4 Å². The number of carbonyl (C=O) groups is 1. The van der Waals surface area contributed by atoms with Gasteiger partial charge in [-0.15, -0.1) is 0 Å². The number of rotatable bonds is 3. The van der Waals surface area contributed by atoms with Crippen LogP contribution in [0, 0.1) is 0 Å². The van der Waals surface area contributed by atoms with Crippen molar-refractivity contribution in [2.45, 2.75) is 31.8 Å². The number of amides is 1. The Bertz CT molecular complexity index is 529. The van der Waals surface area contributed by atoms with Crippen LogP contribution < -0.4 is 5.56 Å². The highest BCUT2D eigenvalue weighted by Crippen LogP contribution is 2.16. The van der Waals surface area contributed by atoms with Crippen molar-refractivity contribution in [1.29, 1.82) is 0 Å². The van der Waals surface area contributed by atoms with Gasteiger partial charge in [0.25, 0.3) is 5.56 Å². The number of nitrogens with one attached hydrogen (secondary N) is 1. The SMILES string of the molecule is COC1CCCN(C(=O)Cc2cc[nH]c(=O)c2Br)CC1. The molecule has 0 saturated carbocycles. The smallest absolute Gasteiger partial charge is 0.262 e. The van der Waals surface area contributed by atoms with E-state index in [9.17, 15) is 9.59 Å². The van der Waals surface area contributed by atoms with Gasteiger partial charge in [-0.1, -0.05) is 0 Å². The molecule has 1 aliphatic heterocycles. The van der Waals surface area contributed by atoms with Crippen LogP contribution in [-0.4, -0.2) is 42.1 Å². The Hall–Kier alpha value is -1.14. The maximum atomic E-state index is 12.3. The Kier molecular flexibility index (Phi) is 5.37. The Morgan fingerprint density at radius 3 is 3.05 bits per heavy atom. The van der Waals surface area contributed by atoms with Crippen LogP contribution in [-0.2, 0) is 16.0 Å². The zero-order valence-electron chi connectivity index (χ0n) is 11.5. The molecule has 0 aliphatic carbocycles. The Labute approximate surface area is 126 Å². The number of hydrogen-bond donors (Lipinski definition) is 1. The Balaban J connectivity index is 2.01. The number of hydrogen-bond acceptors (Lipinski definition) is 3. The summed E-state index contributed by atoms with van der Waals surface area (Å²) in [5.41, 5.74) is 0.525. The summed E-state index contributed by atoms with van der Waals surface area (Å²) in [5.74, 6) is 0.0630. The molecule has 1 aliphatic rings. The van der Waals surface area contributed by atoms with E-state index < -0.39 is 0 Å². The number of pyridine rings is 1. The van der Waals surface area contributed by atoms with E-state index in [4.69, 9.17) is 4.74 Å². The van der Waals surface area contributed by atoms with Gasteiger partial charge in [-0.25, -0.2) is 0 Å². The first-order valence-electron chi connectivity index (χ1n) is 6.78. The molecule has 2 rings (SSSR count). The summed E-state index contributed by atoms with van der Waals surface area (Å²) < 4.78 is 5.80. The number of methoxy groups -OCH3 is 1. The normalized spacial score (nSPS) is 19.7. The molecule has 0 bridgehead atoms. The highest BCUT2D eigenvalue weighted by Gasteiger charge is 2.21. The second-order valence-electron chi connectivity index (χ2n) is 4.99. The van der Waals surface area contributed by atoms with E-state index in [2.05, 4.69) is 20.9 Å². The van der Waals surface area contributed by atoms with Crippen molar-refractivity contribution < 1.29 is 9.53 Å². The van der Waals surface area contributed by atoms with E-state index in [-0.39, 0.29) is 24.0 Å². The summed E-state index contributed by atoms with van der Waals surface area (Å²) in [6.45, 7) is 1.48. The molecule has 1 unspecified atom stereocenters. The first-order chi connectivity index (χ1) is 9.61. The van der Waals surface area contributed by atoms with Crippen molar-refractivity contribution in [2.75, 3.05) is 20.2 Å². The largest absolute Gasteiger partial charge is 0.381 e. The van der Waals surface area contributed by atoms with Gasteiger partial charge in [-0.2, -0.15) is 0 Å². The summed E-state index contributed by atoms with van der Waals surface area (Å²) in [7, 11) is 1.72. The minimum Gasteiger partial charge on any atom is -0.381 e. The molecule has 1 N–H and O–H groups in total.